The van der Waals surface area contributed by atoms with E-state index in [9.17, 15) is 0 Å². The SMILES string of the molecule is CCCCOc1cccc(OCC2=NNC(C=S)N2c2ccccc2)c1. The van der Waals surface area contributed by atoms with Gasteiger partial charge in [0.15, 0.2) is 5.84 Å². The third kappa shape index (κ3) is 4.52. The molecule has 0 aliphatic carbocycles. The van der Waals surface area contributed by atoms with Crippen LogP contribution in [0.3, 0.4) is 0 Å². The minimum atomic E-state index is -0.158. The lowest BCUT2D eigenvalue weighted by molar-refractivity contribution is 0.305. The summed E-state index contributed by atoms with van der Waals surface area (Å²) in [5, 5.41) is 6.04. The van der Waals surface area contributed by atoms with Crippen molar-refractivity contribution < 1.29 is 9.47 Å². The van der Waals surface area contributed by atoms with Gasteiger partial charge in [-0.05, 0) is 30.7 Å². The first kappa shape index (κ1) is 18.2. The molecule has 5 nitrogen and oxygen atoms in total. The van der Waals surface area contributed by atoms with Crippen LogP contribution in [-0.4, -0.2) is 30.6 Å². The highest BCUT2D eigenvalue weighted by Gasteiger charge is 2.27. The fourth-order valence-electron chi connectivity index (χ4n) is 2.64. The molecule has 2 aromatic carbocycles. The second-order valence-corrected chi connectivity index (χ2v) is 6.18. The van der Waals surface area contributed by atoms with E-state index >= 15 is 0 Å². The number of rotatable bonds is 9. The third-order valence-corrected chi connectivity index (χ3v) is 4.24. The maximum absolute atomic E-state index is 5.94. The van der Waals surface area contributed by atoms with Gasteiger partial charge in [0, 0.05) is 17.1 Å². The highest BCUT2D eigenvalue weighted by atomic mass is 32.1. The van der Waals surface area contributed by atoms with Gasteiger partial charge in [0.2, 0.25) is 0 Å². The van der Waals surface area contributed by atoms with Gasteiger partial charge < -0.3 is 9.47 Å². The Morgan fingerprint density at radius 1 is 1.12 bits per heavy atom. The lowest BCUT2D eigenvalue weighted by Gasteiger charge is -2.24. The van der Waals surface area contributed by atoms with Crippen molar-refractivity contribution in [3.63, 3.8) is 0 Å². The second kappa shape index (κ2) is 9.20. The van der Waals surface area contributed by atoms with Crippen molar-refractivity contribution in [2.45, 2.75) is 25.9 Å². The zero-order chi connectivity index (χ0) is 18.2. The van der Waals surface area contributed by atoms with Crippen LogP contribution in [0.5, 0.6) is 11.5 Å². The maximum atomic E-state index is 5.94. The van der Waals surface area contributed by atoms with Crippen molar-refractivity contribution in [3.05, 3.63) is 54.6 Å². The quantitative estimate of drug-likeness (QED) is 0.535. The van der Waals surface area contributed by atoms with Crippen LogP contribution in [0.4, 0.5) is 5.69 Å². The van der Waals surface area contributed by atoms with E-state index in [4.69, 9.17) is 21.7 Å². The van der Waals surface area contributed by atoms with Crippen molar-refractivity contribution in [2.24, 2.45) is 5.10 Å². The summed E-state index contributed by atoms with van der Waals surface area (Å²) in [6, 6.07) is 17.7. The van der Waals surface area contributed by atoms with Crippen molar-refractivity contribution >= 4 is 29.1 Å². The van der Waals surface area contributed by atoms with Crippen LogP contribution in [0, 0.1) is 0 Å². The van der Waals surface area contributed by atoms with Gasteiger partial charge >= 0.3 is 0 Å². The molecule has 3 rings (SSSR count). The Balaban J connectivity index is 1.65. The minimum absolute atomic E-state index is 0.158. The fraction of sp³-hybridized carbons (Fsp3) is 0.300. The number of unbranched alkanes of at least 4 members (excludes halogenated alkanes) is 1. The standard InChI is InChI=1S/C20H23N3O2S/c1-2-3-12-24-17-10-7-11-18(13-17)25-14-19-21-22-20(15-26)23(19)16-8-5-4-6-9-16/h4-11,13,15,20,22H,2-3,12,14H2,1H3. The van der Waals surface area contributed by atoms with E-state index in [-0.39, 0.29) is 6.17 Å². The van der Waals surface area contributed by atoms with E-state index in [0.29, 0.717) is 13.2 Å². The molecular formula is C20H23N3O2S. The zero-order valence-corrected chi connectivity index (χ0v) is 15.6. The number of amidine groups is 1. The van der Waals surface area contributed by atoms with Gasteiger partial charge in [-0.15, -0.1) is 0 Å². The normalized spacial score (nSPS) is 16.0. The summed E-state index contributed by atoms with van der Waals surface area (Å²) >= 11 is 5.13. The van der Waals surface area contributed by atoms with Crippen LogP contribution in [0.25, 0.3) is 0 Å². The first-order valence-electron chi connectivity index (χ1n) is 8.79. The Kier molecular flexibility index (Phi) is 6.44. The number of para-hydroxylation sites is 1. The van der Waals surface area contributed by atoms with Crippen molar-refractivity contribution in [3.8, 4) is 11.5 Å². The molecule has 2 aromatic rings. The number of hydrogen-bond acceptors (Lipinski definition) is 6. The molecule has 1 aliphatic heterocycles. The van der Waals surface area contributed by atoms with E-state index in [0.717, 1.165) is 35.9 Å². The molecule has 0 bridgehead atoms. The molecule has 136 valence electrons. The first-order chi connectivity index (χ1) is 12.8. The summed E-state index contributed by atoms with van der Waals surface area (Å²) in [7, 11) is 0. The molecule has 0 radical (unpaired) electrons. The van der Waals surface area contributed by atoms with Gasteiger partial charge in [0.25, 0.3) is 0 Å². The molecule has 26 heavy (non-hydrogen) atoms. The predicted molar refractivity (Wildman–Crippen MR) is 109 cm³/mol. The van der Waals surface area contributed by atoms with Crippen molar-refractivity contribution in [2.75, 3.05) is 18.1 Å². The van der Waals surface area contributed by atoms with Crippen LogP contribution < -0.4 is 19.8 Å². The van der Waals surface area contributed by atoms with Gasteiger partial charge in [0.1, 0.15) is 24.3 Å². The number of nitrogens with one attached hydrogen (secondary N) is 1. The van der Waals surface area contributed by atoms with Gasteiger partial charge in [0.05, 0.1) is 6.61 Å². The summed E-state index contributed by atoms with van der Waals surface area (Å²) in [4.78, 5) is 2.04. The first-order valence-corrected chi connectivity index (χ1v) is 9.26. The topological polar surface area (TPSA) is 46.1 Å². The van der Waals surface area contributed by atoms with Gasteiger partial charge in [-0.2, -0.15) is 5.10 Å². The predicted octanol–water partition coefficient (Wildman–Crippen LogP) is 3.99. The monoisotopic (exact) mass is 369 g/mol. The van der Waals surface area contributed by atoms with Gasteiger partial charge in [-0.1, -0.05) is 49.8 Å². The molecule has 1 aliphatic rings. The minimum Gasteiger partial charge on any atom is -0.493 e. The van der Waals surface area contributed by atoms with E-state index in [1.54, 1.807) is 5.37 Å². The average molecular weight is 369 g/mol. The third-order valence-electron chi connectivity index (χ3n) is 3.99. The van der Waals surface area contributed by atoms with E-state index in [2.05, 4.69) is 17.5 Å². The van der Waals surface area contributed by atoms with Crippen LogP contribution in [0.2, 0.25) is 0 Å². The Morgan fingerprint density at radius 2 is 1.88 bits per heavy atom. The Labute approximate surface area is 159 Å². The zero-order valence-electron chi connectivity index (χ0n) is 14.8. The van der Waals surface area contributed by atoms with E-state index < -0.39 is 0 Å². The van der Waals surface area contributed by atoms with Crippen LogP contribution in [0.15, 0.2) is 59.7 Å². The number of hydrogen-bond donors (Lipinski definition) is 1. The highest BCUT2D eigenvalue weighted by Crippen LogP contribution is 2.22. The smallest absolute Gasteiger partial charge is 0.169 e. The lowest BCUT2D eigenvalue weighted by atomic mass is 10.2. The molecule has 0 fully saturated rings. The molecule has 0 saturated carbocycles. The Morgan fingerprint density at radius 3 is 2.62 bits per heavy atom. The fourth-order valence-corrected chi connectivity index (χ4v) is 2.82. The lowest BCUT2D eigenvalue weighted by Crippen LogP contribution is -2.42. The number of benzene rings is 2. The summed E-state index contributed by atoms with van der Waals surface area (Å²) in [6.45, 7) is 3.19. The molecular weight excluding hydrogens is 346 g/mol. The van der Waals surface area contributed by atoms with Gasteiger partial charge in [-0.3, -0.25) is 10.3 Å². The van der Waals surface area contributed by atoms with E-state index in [1.165, 1.54) is 0 Å². The van der Waals surface area contributed by atoms with Crippen molar-refractivity contribution in [1.82, 2.24) is 5.43 Å². The second-order valence-electron chi connectivity index (χ2n) is 5.91. The Hall–Kier alpha value is -2.60. The number of thiocarbonyl (C=S) groups is 1. The number of nitrogens with zero attached hydrogens (tertiary/aromatic N) is 2. The molecule has 6 heteroatoms. The van der Waals surface area contributed by atoms with Crippen LogP contribution in [0.1, 0.15) is 19.8 Å². The molecule has 0 amide bonds. The van der Waals surface area contributed by atoms with Crippen molar-refractivity contribution in [1.29, 1.82) is 0 Å². The molecule has 1 atom stereocenters. The molecule has 0 spiro atoms. The average Bonchev–Trinajstić information content (AvgIpc) is 3.11. The molecule has 0 aromatic heterocycles. The Bertz CT molecular complexity index is 752. The van der Waals surface area contributed by atoms with Gasteiger partial charge in [-0.25, -0.2) is 0 Å². The van der Waals surface area contributed by atoms with Crippen LogP contribution >= 0.6 is 12.2 Å². The largest absolute Gasteiger partial charge is 0.493 e. The number of ether oxygens (including phenoxy) is 2. The van der Waals surface area contributed by atoms with Crippen LogP contribution in [-0.2, 0) is 0 Å². The number of hydrazone groups is 1. The molecule has 1 unspecified atom stereocenters. The van der Waals surface area contributed by atoms with E-state index in [1.807, 2.05) is 59.5 Å². The number of anilines is 1. The molecule has 1 N–H and O–H groups in total. The summed E-state index contributed by atoms with van der Waals surface area (Å²) in [6.07, 6.45) is 1.99. The summed E-state index contributed by atoms with van der Waals surface area (Å²) < 4.78 is 11.7. The summed E-state index contributed by atoms with van der Waals surface area (Å²) in [5.41, 5.74) is 4.05. The highest BCUT2D eigenvalue weighted by molar-refractivity contribution is 7.79. The molecule has 1 heterocycles. The maximum Gasteiger partial charge on any atom is 0.169 e. The molecule has 0 saturated heterocycles. The summed E-state index contributed by atoms with van der Waals surface area (Å²) in [5.74, 6) is 2.35.